The van der Waals surface area contributed by atoms with Gasteiger partial charge < -0.3 is 20.2 Å². The van der Waals surface area contributed by atoms with Crippen LogP contribution in [0.5, 0.6) is 5.75 Å². The molecule has 2 heterocycles. The summed E-state index contributed by atoms with van der Waals surface area (Å²) in [6.45, 7) is 5.30. The molecular weight excluding hydrogens is 306 g/mol. The monoisotopic (exact) mass is 329 g/mol. The molecule has 1 aromatic heterocycles. The lowest BCUT2D eigenvalue weighted by molar-refractivity contribution is 0.189. The number of amides is 2. The van der Waals surface area contributed by atoms with Crippen molar-refractivity contribution >= 4 is 11.7 Å². The first-order valence-electron chi connectivity index (χ1n) is 8.19. The highest BCUT2D eigenvalue weighted by Gasteiger charge is 2.23. The number of carbonyl (C=O) groups is 1. The Hall–Kier alpha value is -2.70. The van der Waals surface area contributed by atoms with E-state index in [1.165, 1.54) is 0 Å². The molecule has 2 amide bonds. The molecule has 128 valence electrons. The average Bonchev–Trinajstić information content (AvgIpc) is 3.08. The fourth-order valence-electron chi connectivity index (χ4n) is 2.92. The van der Waals surface area contributed by atoms with Crippen LogP contribution in [0, 0.1) is 0 Å². The van der Waals surface area contributed by atoms with E-state index in [9.17, 15) is 9.90 Å². The number of phenolic OH excluding ortho intramolecular Hbond substituents is 1. The maximum absolute atomic E-state index is 12.4. The van der Waals surface area contributed by atoms with Crippen molar-refractivity contribution in [3.8, 4) is 5.75 Å². The molecule has 1 saturated heterocycles. The zero-order valence-electron chi connectivity index (χ0n) is 13.8. The van der Waals surface area contributed by atoms with Crippen LogP contribution in [0.15, 0.2) is 42.7 Å². The van der Waals surface area contributed by atoms with Gasteiger partial charge in [-0.05, 0) is 25.1 Å². The second kappa shape index (κ2) is 7.25. The molecular formula is C17H23N5O2. The van der Waals surface area contributed by atoms with Crippen molar-refractivity contribution in [3.05, 3.63) is 42.7 Å². The number of urea groups is 1. The number of anilines is 1. The normalized spacial score (nSPS) is 16.0. The second-order valence-corrected chi connectivity index (χ2v) is 6.04. The number of rotatable bonds is 4. The van der Waals surface area contributed by atoms with Crippen LogP contribution in [0.2, 0.25) is 0 Å². The summed E-state index contributed by atoms with van der Waals surface area (Å²) in [5.74, 6) is 0.281. The van der Waals surface area contributed by atoms with Crippen molar-refractivity contribution < 1.29 is 9.90 Å². The van der Waals surface area contributed by atoms with E-state index >= 15 is 0 Å². The minimum atomic E-state index is -0.0495. The van der Waals surface area contributed by atoms with Crippen molar-refractivity contribution in [3.63, 3.8) is 0 Å². The van der Waals surface area contributed by atoms with E-state index in [2.05, 4.69) is 15.3 Å². The van der Waals surface area contributed by atoms with E-state index in [1.54, 1.807) is 16.9 Å². The first kappa shape index (κ1) is 16.2. The van der Waals surface area contributed by atoms with Crippen molar-refractivity contribution in [2.45, 2.75) is 19.5 Å². The SMILES string of the molecule is C[C@@H](Cn1cccn1)NC(=O)N1CCN(c2ccccc2O)CC1. The number of aromatic nitrogens is 2. The molecule has 1 aliphatic heterocycles. The van der Waals surface area contributed by atoms with Crippen LogP contribution in [0.3, 0.4) is 0 Å². The molecule has 0 bridgehead atoms. The van der Waals surface area contributed by atoms with E-state index in [1.807, 2.05) is 42.3 Å². The fourth-order valence-corrected chi connectivity index (χ4v) is 2.92. The maximum atomic E-state index is 12.4. The number of nitrogens with zero attached hydrogens (tertiary/aromatic N) is 4. The summed E-state index contributed by atoms with van der Waals surface area (Å²) >= 11 is 0. The third-order valence-corrected chi connectivity index (χ3v) is 4.18. The molecule has 0 spiro atoms. The van der Waals surface area contributed by atoms with Crippen molar-refractivity contribution in [2.75, 3.05) is 31.1 Å². The van der Waals surface area contributed by atoms with Crippen LogP contribution in [0.25, 0.3) is 0 Å². The van der Waals surface area contributed by atoms with Gasteiger partial charge in [-0.25, -0.2) is 4.79 Å². The first-order valence-corrected chi connectivity index (χ1v) is 8.19. The molecule has 7 nitrogen and oxygen atoms in total. The predicted octanol–water partition coefficient (Wildman–Crippen LogP) is 1.51. The van der Waals surface area contributed by atoms with Gasteiger partial charge in [-0.1, -0.05) is 12.1 Å². The minimum absolute atomic E-state index is 0.00796. The van der Waals surface area contributed by atoms with E-state index in [4.69, 9.17) is 0 Å². The summed E-state index contributed by atoms with van der Waals surface area (Å²) in [5, 5.41) is 17.1. The number of phenols is 1. The number of benzene rings is 1. The van der Waals surface area contributed by atoms with Gasteiger partial charge in [-0.2, -0.15) is 5.10 Å². The van der Waals surface area contributed by atoms with Gasteiger partial charge in [-0.3, -0.25) is 4.68 Å². The van der Waals surface area contributed by atoms with Crippen LogP contribution in [0.4, 0.5) is 10.5 Å². The summed E-state index contributed by atoms with van der Waals surface area (Å²) in [7, 11) is 0. The van der Waals surface area contributed by atoms with Crippen molar-refractivity contribution in [2.24, 2.45) is 0 Å². The Morgan fingerprint density at radius 3 is 2.67 bits per heavy atom. The van der Waals surface area contributed by atoms with E-state index in [0.29, 0.717) is 32.7 Å². The van der Waals surface area contributed by atoms with E-state index in [0.717, 1.165) is 5.69 Å². The standard InChI is InChI=1S/C17H23N5O2/c1-14(13-22-8-4-7-18-22)19-17(24)21-11-9-20(10-12-21)15-5-2-3-6-16(15)23/h2-8,14,23H,9-13H2,1H3,(H,19,24)/t14-/m0/s1. The number of hydrogen-bond acceptors (Lipinski definition) is 4. The van der Waals surface area contributed by atoms with E-state index in [-0.39, 0.29) is 17.8 Å². The predicted molar refractivity (Wildman–Crippen MR) is 92.1 cm³/mol. The fraction of sp³-hybridized carbons (Fsp3) is 0.412. The molecule has 3 rings (SSSR count). The van der Waals surface area contributed by atoms with Gasteiger partial charge >= 0.3 is 6.03 Å². The molecule has 1 fully saturated rings. The quantitative estimate of drug-likeness (QED) is 0.892. The Labute approximate surface area is 141 Å². The molecule has 7 heteroatoms. The Bertz CT molecular complexity index is 665. The molecule has 24 heavy (non-hydrogen) atoms. The number of piperazine rings is 1. The van der Waals surface area contributed by atoms with Crippen LogP contribution < -0.4 is 10.2 Å². The molecule has 0 aliphatic carbocycles. The molecule has 1 aliphatic rings. The topological polar surface area (TPSA) is 73.6 Å². The molecule has 1 atom stereocenters. The zero-order valence-corrected chi connectivity index (χ0v) is 13.8. The largest absolute Gasteiger partial charge is 0.506 e. The van der Waals surface area contributed by atoms with Gasteiger partial charge in [0.25, 0.3) is 0 Å². The summed E-state index contributed by atoms with van der Waals surface area (Å²) < 4.78 is 1.81. The molecule has 2 N–H and O–H groups in total. The van der Waals surface area contributed by atoms with Gasteiger partial charge in [-0.15, -0.1) is 0 Å². The number of hydrogen-bond donors (Lipinski definition) is 2. The third kappa shape index (κ3) is 3.79. The lowest BCUT2D eigenvalue weighted by Crippen LogP contribution is -2.53. The Morgan fingerprint density at radius 1 is 1.25 bits per heavy atom. The van der Waals surface area contributed by atoms with Crippen LogP contribution >= 0.6 is 0 Å². The third-order valence-electron chi connectivity index (χ3n) is 4.18. The van der Waals surface area contributed by atoms with Gasteiger partial charge in [0.1, 0.15) is 5.75 Å². The highest BCUT2D eigenvalue weighted by atomic mass is 16.3. The molecule has 0 radical (unpaired) electrons. The Morgan fingerprint density at radius 2 is 2.00 bits per heavy atom. The molecule has 0 unspecified atom stereocenters. The van der Waals surface area contributed by atoms with Gasteiger partial charge in [0.05, 0.1) is 12.2 Å². The van der Waals surface area contributed by atoms with Crippen LogP contribution in [-0.4, -0.2) is 58.0 Å². The summed E-state index contributed by atoms with van der Waals surface area (Å²) in [6.07, 6.45) is 3.61. The highest BCUT2D eigenvalue weighted by molar-refractivity contribution is 5.75. The maximum Gasteiger partial charge on any atom is 0.317 e. The average molecular weight is 329 g/mol. The lowest BCUT2D eigenvalue weighted by atomic mass is 10.2. The second-order valence-electron chi connectivity index (χ2n) is 6.04. The van der Waals surface area contributed by atoms with Gasteiger partial charge in [0.2, 0.25) is 0 Å². The highest BCUT2D eigenvalue weighted by Crippen LogP contribution is 2.27. The number of para-hydroxylation sites is 2. The van der Waals surface area contributed by atoms with Crippen LogP contribution in [0.1, 0.15) is 6.92 Å². The molecule has 0 saturated carbocycles. The Balaban J connectivity index is 1.49. The summed E-state index contributed by atoms with van der Waals surface area (Å²) in [5.41, 5.74) is 0.824. The van der Waals surface area contributed by atoms with Crippen molar-refractivity contribution in [1.82, 2.24) is 20.0 Å². The van der Waals surface area contributed by atoms with Gasteiger partial charge in [0.15, 0.2) is 0 Å². The van der Waals surface area contributed by atoms with Crippen molar-refractivity contribution in [1.29, 1.82) is 0 Å². The summed E-state index contributed by atoms with van der Waals surface area (Å²) in [4.78, 5) is 16.3. The number of nitrogens with one attached hydrogen (secondary N) is 1. The van der Waals surface area contributed by atoms with Crippen LogP contribution in [-0.2, 0) is 6.54 Å². The molecule has 2 aromatic rings. The first-order chi connectivity index (χ1) is 11.6. The zero-order chi connectivity index (χ0) is 16.9. The Kier molecular flexibility index (Phi) is 4.88. The van der Waals surface area contributed by atoms with Gasteiger partial charge in [0, 0.05) is 44.6 Å². The smallest absolute Gasteiger partial charge is 0.317 e. The minimum Gasteiger partial charge on any atom is -0.506 e. The lowest BCUT2D eigenvalue weighted by Gasteiger charge is -2.36. The van der Waals surface area contributed by atoms with E-state index < -0.39 is 0 Å². The number of aromatic hydroxyl groups is 1. The molecule has 1 aromatic carbocycles. The number of carbonyl (C=O) groups excluding carboxylic acids is 1. The summed E-state index contributed by atoms with van der Waals surface area (Å²) in [6, 6.07) is 9.13.